The number of carbonyl (C=O) groups excluding carboxylic acids is 1. The Morgan fingerprint density at radius 2 is 2.12 bits per heavy atom. The summed E-state index contributed by atoms with van der Waals surface area (Å²) in [5, 5.41) is 2.82. The Balaban J connectivity index is 2.69. The molecule has 0 fully saturated rings. The maximum absolute atomic E-state index is 11.6. The van der Waals surface area contributed by atoms with Crippen molar-refractivity contribution in [2.45, 2.75) is 26.4 Å². The fourth-order valence-corrected chi connectivity index (χ4v) is 1.48. The van der Waals surface area contributed by atoms with Gasteiger partial charge < -0.3 is 16.0 Å². The van der Waals surface area contributed by atoms with E-state index < -0.39 is 0 Å². The maximum atomic E-state index is 11.6. The van der Waals surface area contributed by atoms with E-state index in [0.29, 0.717) is 18.1 Å². The second kappa shape index (κ2) is 6.15. The van der Waals surface area contributed by atoms with Crippen LogP contribution >= 0.6 is 0 Å². The van der Waals surface area contributed by atoms with Crippen LogP contribution in [-0.2, 0) is 11.3 Å². The summed E-state index contributed by atoms with van der Waals surface area (Å²) in [6, 6.07) is 0.131. The normalized spacial score (nSPS) is 10.4. The number of anilines is 1. The van der Waals surface area contributed by atoms with Crippen LogP contribution in [0.4, 0.5) is 5.82 Å². The zero-order valence-corrected chi connectivity index (χ0v) is 10.5. The highest BCUT2D eigenvalue weighted by molar-refractivity contribution is 5.81. The average Bonchev–Trinajstić information content (AvgIpc) is 2.27. The lowest BCUT2D eigenvalue weighted by atomic mass is 10.3. The molecule has 6 heteroatoms. The molecule has 1 aromatic heterocycles. The van der Waals surface area contributed by atoms with Crippen molar-refractivity contribution in [2.24, 2.45) is 5.73 Å². The van der Waals surface area contributed by atoms with E-state index in [9.17, 15) is 4.79 Å². The summed E-state index contributed by atoms with van der Waals surface area (Å²) in [4.78, 5) is 21.7. The van der Waals surface area contributed by atoms with Gasteiger partial charge >= 0.3 is 0 Å². The molecule has 0 spiro atoms. The van der Waals surface area contributed by atoms with Gasteiger partial charge in [-0.25, -0.2) is 4.98 Å². The summed E-state index contributed by atoms with van der Waals surface area (Å²) in [5.41, 5.74) is 6.26. The number of likely N-dealkylation sites (N-methyl/N-ethyl adjacent to an activating group) is 1. The smallest absolute Gasteiger partial charge is 0.239 e. The number of hydrogen-bond acceptors (Lipinski definition) is 5. The molecule has 17 heavy (non-hydrogen) atoms. The average molecular weight is 237 g/mol. The highest BCUT2D eigenvalue weighted by atomic mass is 16.2. The Kier molecular flexibility index (Phi) is 4.84. The largest absolute Gasteiger partial charge is 0.352 e. The maximum Gasteiger partial charge on any atom is 0.239 e. The number of rotatable bonds is 5. The van der Waals surface area contributed by atoms with Gasteiger partial charge in [-0.15, -0.1) is 0 Å². The van der Waals surface area contributed by atoms with Crippen LogP contribution in [0.1, 0.15) is 19.5 Å². The van der Waals surface area contributed by atoms with Gasteiger partial charge in [0.2, 0.25) is 5.91 Å². The van der Waals surface area contributed by atoms with Crippen molar-refractivity contribution >= 4 is 11.7 Å². The molecule has 0 bridgehead atoms. The third-order valence-electron chi connectivity index (χ3n) is 2.14. The minimum absolute atomic E-state index is 0.0453. The molecule has 1 rings (SSSR count). The summed E-state index contributed by atoms with van der Waals surface area (Å²) in [6.45, 7) is 4.39. The van der Waals surface area contributed by atoms with Crippen LogP contribution in [0.15, 0.2) is 12.4 Å². The molecular weight excluding hydrogens is 218 g/mol. The van der Waals surface area contributed by atoms with Gasteiger partial charge in [0.15, 0.2) is 5.82 Å². The van der Waals surface area contributed by atoms with Gasteiger partial charge in [0.05, 0.1) is 12.2 Å². The topological polar surface area (TPSA) is 84.1 Å². The SMILES string of the molecule is CC(C)NC(=O)CN(C)c1nccnc1CN. The number of nitrogens with two attached hydrogens (primary N) is 1. The van der Waals surface area contributed by atoms with Gasteiger partial charge in [-0.3, -0.25) is 9.78 Å². The lowest BCUT2D eigenvalue weighted by Crippen LogP contribution is -2.39. The van der Waals surface area contributed by atoms with E-state index in [1.807, 2.05) is 13.8 Å². The molecule has 0 aliphatic carbocycles. The van der Waals surface area contributed by atoms with Gasteiger partial charge in [-0.2, -0.15) is 0 Å². The third-order valence-corrected chi connectivity index (χ3v) is 2.14. The number of aromatic nitrogens is 2. The first-order chi connectivity index (χ1) is 8.04. The fraction of sp³-hybridized carbons (Fsp3) is 0.545. The Bertz CT molecular complexity index is 380. The van der Waals surface area contributed by atoms with E-state index in [4.69, 9.17) is 5.73 Å². The van der Waals surface area contributed by atoms with E-state index in [0.717, 1.165) is 0 Å². The number of hydrogen-bond donors (Lipinski definition) is 2. The molecule has 94 valence electrons. The summed E-state index contributed by atoms with van der Waals surface area (Å²) in [5.74, 6) is 0.602. The van der Waals surface area contributed by atoms with Gasteiger partial charge in [0.1, 0.15) is 0 Å². The Labute approximate surface area is 101 Å². The van der Waals surface area contributed by atoms with Crippen molar-refractivity contribution in [3.63, 3.8) is 0 Å². The molecule has 0 aromatic carbocycles. The highest BCUT2D eigenvalue weighted by Gasteiger charge is 2.12. The first kappa shape index (κ1) is 13.4. The van der Waals surface area contributed by atoms with E-state index in [-0.39, 0.29) is 18.5 Å². The predicted molar refractivity (Wildman–Crippen MR) is 66.5 cm³/mol. The van der Waals surface area contributed by atoms with E-state index in [1.165, 1.54) is 0 Å². The second-order valence-electron chi connectivity index (χ2n) is 4.11. The van der Waals surface area contributed by atoms with Crippen LogP contribution in [0.5, 0.6) is 0 Å². The molecule has 0 radical (unpaired) electrons. The van der Waals surface area contributed by atoms with Crippen molar-refractivity contribution in [1.29, 1.82) is 0 Å². The van der Waals surface area contributed by atoms with Gasteiger partial charge in [-0.1, -0.05) is 0 Å². The minimum Gasteiger partial charge on any atom is -0.352 e. The zero-order valence-electron chi connectivity index (χ0n) is 10.5. The number of carbonyl (C=O) groups is 1. The van der Waals surface area contributed by atoms with Crippen LogP contribution in [0.25, 0.3) is 0 Å². The molecule has 0 saturated carbocycles. The van der Waals surface area contributed by atoms with E-state index in [2.05, 4.69) is 15.3 Å². The predicted octanol–water partition coefficient (Wildman–Crippen LogP) is -0.104. The van der Waals surface area contributed by atoms with Crippen molar-refractivity contribution in [3.05, 3.63) is 18.1 Å². The fourth-order valence-electron chi connectivity index (χ4n) is 1.48. The lowest BCUT2D eigenvalue weighted by molar-refractivity contribution is -0.120. The van der Waals surface area contributed by atoms with Crippen LogP contribution in [0.2, 0.25) is 0 Å². The molecule has 0 atom stereocenters. The molecule has 0 saturated heterocycles. The van der Waals surface area contributed by atoms with E-state index in [1.54, 1.807) is 24.3 Å². The van der Waals surface area contributed by atoms with Gasteiger partial charge in [0.25, 0.3) is 0 Å². The molecule has 1 heterocycles. The summed E-state index contributed by atoms with van der Waals surface area (Å²) < 4.78 is 0. The van der Waals surface area contributed by atoms with Crippen molar-refractivity contribution in [1.82, 2.24) is 15.3 Å². The Morgan fingerprint density at radius 1 is 1.47 bits per heavy atom. The molecule has 1 amide bonds. The van der Waals surface area contributed by atoms with Gasteiger partial charge in [-0.05, 0) is 13.8 Å². The molecular formula is C11H19N5O. The molecule has 0 unspecified atom stereocenters. The number of amides is 1. The third kappa shape index (κ3) is 3.99. The summed E-state index contributed by atoms with van der Waals surface area (Å²) in [6.07, 6.45) is 3.18. The van der Waals surface area contributed by atoms with Crippen molar-refractivity contribution in [2.75, 3.05) is 18.5 Å². The van der Waals surface area contributed by atoms with Crippen LogP contribution in [-0.4, -0.2) is 35.5 Å². The zero-order chi connectivity index (χ0) is 12.8. The van der Waals surface area contributed by atoms with Crippen LogP contribution < -0.4 is 16.0 Å². The second-order valence-corrected chi connectivity index (χ2v) is 4.11. The number of nitrogens with zero attached hydrogens (tertiary/aromatic N) is 3. The van der Waals surface area contributed by atoms with Gasteiger partial charge in [0, 0.05) is 32.0 Å². The summed E-state index contributed by atoms with van der Waals surface area (Å²) in [7, 11) is 1.79. The first-order valence-electron chi connectivity index (χ1n) is 5.55. The molecule has 0 aliphatic heterocycles. The Morgan fingerprint density at radius 3 is 2.71 bits per heavy atom. The van der Waals surface area contributed by atoms with Crippen LogP contribution in [0.3, 0.4) is 0 Å². The first-order valence-corrected chi connectivity index (χ1v) is 5.55. The van der Waals surface area contributed by atoms with Crippen molar-refractivity contribution in [3.8, 4) is 0 Å². The van der Waals surface area contributed by atoms with Crippen LogP contribution in [0, 0.1) is 0 Å². The molecule has 0 aliphatic rings. The minimum atomic E-state index is -0.0453. The lowest BCUT2D eigenvalue weighted by Gasteiger charge is -2.20. The number of nitrogens with one attached hydrogen (secondary N) is 1. The summed E-state index contributed by atoms with van der Waals surface area (Å²) >= 11 is 0. The molecule has 1 aromatic rings. The molecule has 3 N–H and O–H groups in total. The quantitative estimate of drug-likeness (QED) is 0.747. The monoisotopic (exact) mass is 237 g/mol. The standard InChI is InChI=1S/C11H19N5O/c1-8(2)15-10(17)7-16(3)11-9(6-12)13-4-5-14-11/h4-5,8H,6-7,12H2,1-3H3,(H,15,17). The molecule has 6 nitrogen and oxygen atoms in total. The van der Waals surface area contributed by atoms with Crippen molar-refractivity contribution < 1.29 is 4.79 Å². The Hall–Kier alpha value is -1.69. The van der Waals surface area contributed by atoms with E-state index >= 15 is 0 Å². The highest BCUT2D eigenvalue weighted by Crippen LogP contribution is 2.11.